The van der Waals surface area contributed by atoms with E-state index < -0.39 is 0 Å². The van der Waals surface area contributed by atoms with E-state index in [9.17, 15) is 9.59 Å². The molecule has 1 aromatic rings. The summed E-state index contributed by atoms with van der Waals surface area (Å²) in [5, 5.41) is 0. The first-order chi connectivity index (χ1) is 8.58. The Balaban J connectivity index is 1.99. The number of imide groups is 1. The Morgan fingerprint density at radius 3 is 2.72 bits per heavy atom. The number of likely N-dealkylation sites (N-methyl/N-ethyl adjacent to an activating group) is 1. The number of halogens is 1. The van der Waals surface area contributed by atoms with Crippen LogP contribution in [0.2, 0.25) is 0 Å². The zero-order chi connectivity index (χ0) is 12.9. The fourth-order valence-electron chi connectivity index (χ4n) is 2.36. The molecular formula is C14H14BrNO2. The predicted molar refractivity (Wildman–Crippen MR) is 71.6 cm³/mol. The summed E-state index contributed by atoms with van der Waals surface area (Å²) < 4.78 is 0. The molecule has 3 nitrogen and oxygen atoms in total. The molecule has 0 N–H and O–H groups in total. The largest absolute Gasteiger partial charge is 0.281 e. The molecular weight excluding hydrogens is 294 g/mol. The number of rotatable bonds is 2. The molecule has 0 spiro atoms. The van der Waals surface area contributed by atoms with Crippen LogP contribution in [0.1, 0.15) is 39.2 Å². The van der Waals surface area contributed by atoms with Crippen molar-refractivity contribution in [1.29, 1.82) is 0 Å². The summed E-state index contributed by atoms with van der Waals surface area (Å²) in [6.45, 7) is 0. The third-order valence-electron chi connectivity index (χ3n) is 3.74. The molecule has 94 valence electrons. The van der Waals surface area contributed by atoms with Crippen LogP contribution in [-0.2, 0) is 11.2 Å². The summed E-state index contributed by atoms with van der Waals surface area (Å²) >= 11 is 3.70. The van der Waals surface area contributed by atoms with Gasteiger partial charge in [-0.3, -0.25) is 14.5 Å². The number of benzene rings is 1. The lowest BCUT2D eigenvalue weighted by Crippen LogP contribution is -2.39. The van der Waals surface area contributed by atoms with E-state index in [1.165, 1.54) is 17.7 Å². The molecule has 1 aliphatic heterocycles. The maximum Gasteiger partial charge on any atom is 0.260 e. The van der Waals surface area contributed by atoms with Crippen LogP contribution in [0, 0.1) is 5.92 Å². The lowest BCUT2D eigenvalue weighted by Gasteiger charge is -2.24. The van der Waals surface area contributed by atoms with E-state index in [2.05, 4.69) is 15.9 Å². The molecule has 3 rings (SSSR count). The van der Waals surface area contributed by atoms with Crippen LogP contribution in [0.15, 0.2) is 18.2 Å². The van der Waals surface area contributed by atoms with Gasteiger partial charge in [-0.2, -0.15) is 0 Å². The molecule has 1 atom stereocenters. The monoisotopic (exact) mass is 307 g/mol. The summed E-state index contributed by atoms with van der Waals surface area (Å²) in [6, 6.07) is 5.89. The molecule has 0 aromatic heterocycles. The molecule has 1 unspecified atom stereocenters. The summed E-state index contributed by atoms with van der Waals surface area (Å²) in [5.41, 5.74) is 2.68. The third-order valence-corrected chi connectivity index (χ3v) is 5.02. The van der Waals surface area contributed by atoms with Gasteiger partial charge in [0.2, 0.25) is 5.91 Å². The van der Waals surface area contributed by atoms with Gasteiger partial charge in [0.25, 0.3) is 5.91 Å². The Hall–Kier alpha value is -1.16. The summed E-state index contributed by atoms with van der Waals surface area (Å²) in [5.74, 6) is 0.387. The first-order valence-corrected chi connectivity index (χ1v) is 7.07. The highest BCUT2D eigenvalue weighted by atomic mass is 79.9. The highest BCUT2D eigenvalue weighted by molar-refractivity contribution is 9.09. The van der Waals surface area contributed by atoms with Crippen LogP contribution in [-0.4, -0.2) is 23.8 Å². The van der Waals surface area contributed by atoms with Crippen LogP contribution in [0.3, 0.4) is 0 Å². The number of alkyl halides is 1. The minimum absolute atomic E-state index is 0.127. The highest BCUT2D eigenvalue weighted by Gasteiger charge is 2.33. The average Bonchev–Trinajstić information content (AvgIpc) is 3.19. The minimum Gasteiger partial charge on any atom is -0.281 e. The SMILES string of the molecule is CN1C(=O)Cc2ccc(C(Br)C3CC3)cc2C1=O. The zero-order valence-electron chi connectivity index (χ0n) is 10.1. The van der Waals surface area contributed by atoms with Gasteiger partial charge in [0.1, 0.15) is 0 Å². The Morgan fingerprint density at radius 2 is 2.06 bits per heavy atom. The van der Waals surface area contributed by atoms with Gasteiger partial charge in [-0.25, -0.2) is 0 Å². The fraction of sp³-hybridized carbons (Fsp3) is 0.429. The van der Waals surface area contributed by atoms with Crippen molar-refractivity contribution in [3.05, 3.63) is 34.9 Å². The number of hydrogen-bond donors (Lipinski definition) is 0. The summed E-state index contributed by atoms with van der Waals surface area (Å²) in [7, 11) is 1.55. The number of nitrogens with zero attached hydrogens (tertiary/aromatic N) is 1. The Labute approximate surface area is 114 Å². The van der Waals surface area contributed by atoms with Crippen LogP contribution < -0.4 is 0 Å². The standard InChI is InChI=1S/C14H14BrNO2/c1-16-12(17)7-9-4-5-10(6-11(9)14(16)18)13(15)8-2-3-8/h4-6,8,13H,2-3,7H2,1H3. The van der Waals surface area contributed by atoms with Gasteiger partial charge in [0.15, 0.2) is 0 Å². The average molecular weight is 308 g/mol. The molecule has 18 heavy (non-hydrogen) atoms. The van der Waals surface area contributed by atoms with Crippen LogP contribution in [0.4, 0.5) is 0 Å². The molecule has 1 aliphatic carbocycles. The number of amides is 2. The van der Waals surface area contributed by atoms with Crippen molar-refractivity contribution in [1.82, 2.24) is 4.90 Å². The molecule has 0 saturated heterocycles. The first-order valence-electron chi connectivity index (χ1n) is 6.15. The van der Waals surface area contributed by atoms with Crippen molar-refractivity contribution in [3.63, 3.8) is 0 Å². The third kappa shape index (κ3) is 1.88. The molecule has 2 amide bonds. The molecule has 1 heterocycles. The highest BCUT2D eigenvalue weighted by Crippen LogP contribution is 2.46. The molecule has 4 heteroatoms. The minimum atomic E-state index is -0.182. The fourth-order valence-corrected chi connectivity index (χ4v) is 3.17. The van der Waals surface area contributed by atoms with Crippen molar-refractivity contribution in [2.75, 3.05) is 7.05 Å². The van der Waals surface area contributed by atoms with Gasteiger partial charge in [-0.05, 0) is 36.0 Å². The van der Waals surface area contributed by atoms with E-state index in [1.807, 2.05) is 18.2 Å². The maximum absolute atomic E-state index is 12.1. The van der Waals surface area contributed by atoms with Crippen molar-refractivity contribution >= 4 is 27.7 Å². The number of fused-ring (bicyclic) bond motifs is 1. The number of carbonyl (C=O) groups is 2. The van der Waals surface area contributed by atoms with Crippen molar-refractivity contribution < 1.29 is 9.59 Å². The molecule has 1 saturated carbocycles. The van der Waals surface area contributed by atoms with E-state index in [0.29, 0.717) is 22.7 Å². The van der Waals surface area contributed by atoms with Gasteiger partial charge in [-0.1, -0.05) is 28.1 Å². The smallest absolute Gasteiger partial charge is 0.260 e. The second-order valence-corrected chi connectivity index (χ2v) is 6.08. The second kappa shape index (κ2) is 4.19. The quantitative estimate of drug-likeness (QED) is 0.622. The van der Waals surface area contributed by atoms with Gasteiger partial charge < -0.3 is 0 Å². The predicted octanol–water partition coefficient (Wildman–Crippen LogP) is 2.69. The lowest BCUT2D eigenvalue weighted by molar-refractivity contribution is -0.127. The van der Waals surface area contributed by atoms with E-state index in [4.69, 9.17) is 0 Å². The van der Waals surface area contributed by atoms with E-state index in [1.54, 1.807) is 7.05 Å². The van der Waals surface area contributed by atoms with Crippen LogP contribution in [0.25, 0.3) is 0 Å². The van der Waals surface area contributed by atoms with Crippen molar-refractivity contribution in [2.24, 2.45) is 5.92 Å². The van der Waals surface area contributed by atoms with E-state index in [-0.39, 0.29) is 11.8 Å². The van der Waals surface area contributed by atoms with Gasteiger partial charge in [-0.15, -0.1) is 0 Å². The first kappa shape index (κ1) is 11.9. The van der Waals surface area contributed by atoms with Crippen molar-refractivity contribution in [2.45, 2.75) is 24.1 Å². The maximum atomic E-state index is 12.1. The molecule has 1 aromatic carbocycles. The summed E-state index contributed by atoms with van der Waals surface area (Å²) in [6.07, 6.45) is 2.83. The van der Waals surface area contributed by atoms with Crippen molar-refractivity contribution in [3.8, 4) is 0 Å². The van der Waals surface area contributed by atoms with E-state index in [0.717, 1.165) is 11.1 Å². The number of carbonyl (C=O) groups excluding carboxylic acids is 2. The summed E-state index contributed by atoms with van der Waals surface area (Å²) in [4.78, 5) is 25.2. The number of hydrogen-bond acceptors (Lipinski definition) is 2. The second-order valence-electron chi connectivity index (χ2n) is 5.09. The molecule has 0 radical (unpaired) electrons. The topological polar surface area (TPSA) is 37.4 Å². The van der Waals surface area contributed by atoms with Gasteiger partial charge in [0, 0.05) is 17.4 Å². The van der Waals surface area contributed by atoms with Crippen LogP contribution in [0.5, 0.6) is 0 Å². The Morgan fingerprint density at radius 1 is 1.33 bits per heavy atom. The van der Waals surface area contributed by atoms with Gasteiger partial charge >= 0.3 is 0 Å². The normalized spacial score (nSPS) is 20.9. The van der Waals surface area contributed by atoms with Crippen LogP contribution >= 0.6 is 15.9 Å². The Bertz CT molecular complexity index is 537. The molecule has 0 bridgehead atoms. The van der Waals surface area contributed by atoms with E-state index >= 15 is 0 Å². The molecule has 2 aliphatic rings. The Kier molecular flexibility index (Phi) is 2.77. The molecule has 1 fully saturated rings. The van der Waals surface area contributed by atoms with Gasteiger partial charge in [0.05, 0.1) is 6.42 Å². The lowest BCUT2D eigenvalue weighted by atomic mass is 9.95. The zero-order valence-corrected chi connectivity index (χ0v) is 11.7.